The molecule has 0 radical (unpaired) electrons. The number of thiazole rings is 1. The first-order valence-electron chi connectivity index (χ1n) is 7.89. The van der Waals surface area contributed by atoms with Gasteiger partial charge in [0.25, 0.3) is 0 Å². The Labute approximate surface area is 131 Å². The van der Waals surface area contributed by atoms with Crippen LogP contribution in [-0.2, 0) is 12.0 Å². The topological polar surface area (TPSA) is 24.9 Å². The van der Waals surface area contributed by atoms with Crippen LogP contribution in [-0.4, -0.2) is 16.8 Å². The normalized spacial score (nSPS) is 24.1. The highest BCUT2D eigenvalue weighted by Crippen LogP contribution is 2.42. The highest BCUT2D eigenvalue weighted by atomic mass is 32.2. The van der Waals surface area contributed by atoms with Crippen LogP contribution in [0.25, 0.3) is 0 Å². The molecule has 0 aromatic carbocycles. The summed E-state index contributed by atoms with van der Waals surface area (Å²) < 4.78 is 0. The summed E-state index contributed by atoms with van der Waals surface area (Å²) in [4.78, 5) is 6.54. The van der Waals surface area contributed by atoms with Crippen LogP contribution >= 0.6 is 23.1 Å². The van der Waals surface area contributed by atoms with Gasteiger partial charge in [0.2, 0.25) is 0 Å². The first kappa shape index (κ1) is 14.9. The predicted octanol–water partition coefficient (Wildman–Crippen LogP) is 4.65. The van der Waals surface area contributed by atoms with Gasteiger partial charge in [-0.25, -0.2) is 4.98 Å². The van der Waals surface area contributed by atoms with E-state index >= 15 is 0 Å². The molecule has 20 heavy (non-hydrogen) atoms. The number of nitrogens with zero attached hydrogens (tertiary/aromatic N) is 1. The molecule has 0 bridgehead atoms. The second kappa shape index (κ2) is 5.98. The number of hydrogen-bond acceptors (Lipinski definition) is 4. The average Bonchev–Trinajstić information content (AvgIpc) is 3.14. The molecular formula is C16H26N2S2. The Bertz CT molecular complexity index is 452. The Hall–Kier alpha value is -0.0600. The third kappa shape index (κ3) is 3.58. The van der Waals surface area contributed by atoms with Crippen molar-refractivity contribution in [2.45, 2.75) is 76.1 Å². The summed E-state index contributed by atoms with van der Waals surface area (Å²) >= 11 is 4.08. The van der Waals surface area contributed by atoms with Gasteiger partial charge in [0.15, 0.2) is 0 Å². The molecule has 0 spiro atoms. The first-order chi connectivity index (χ1) is 9.54. The summed E-state index contributed by atoms with van der Waals surface area (Å²) in [6.07, 6.45) is 6.79. The van der Waals surface area contributed by atoms with Gasteiger partial charge < -0.3 is 5.32 Å². The van der Waals surface area contributed by atoms with Gasteiger partial charge in [-0.3, -0.25) is 0 Å². The van der Waals surface area contributed by atoms with E-state index in [0.29, 0.717) is 5.25 Å². The quantitative estimate of drug-likeness (QED) is 0.876. The minimum atomic E-state index is 0.161. The highest BCUT2D eigenvalue weighted by Gasteiger charge is 2.28. The second-order valence-corrected chi connectivity index (χ2v) is 9.51. The summed E-state index contributed by atoms with van der Waals surface area (Å²) in [5.41, 5.74) is 1.49. The minimum Gasteiger partial charge on any atom is -0.309 e. The van der Waals surface area contributed by atoms with Crippen LogP contribution < -0.4 is 5.32 Å². The molecule has 1 N–H and O–H groups in total. The van der Waals surface area contributed by atoms with E-state index in [-0.39, 0.29) is 5.41 Å². The molecule has 1 aromatic rings. The predicted molar refractivity (Wildman–Crippen MR) is 89.7 cm³/mol. The van der Waals surface area contributed by atoms with E-state index in [2.05, 4.69) is 37.8 Å². The molecule has 2 nitrogen and oxygen atoms in total. The molecule has 1 atom stereocenters. The Balaban J connectivity index is 1.79. The van der Waals surface area contributed by atoms with Gasteiger partial charge in [-0.2, -0.15) is 11.8 Å². The molecule has 0 amide bonds. The lowest BCUT2D eigenvalue weighted by Gasteiger charge is -2.19. The summed E-state index contributed by atoms with van der Waals surface area (Å²) in [6, 6.07) is 0.775. The van der Waals surface area contributed by atoms with Gasteiger partial charge in [0, 0.05) is 22.9 Å². The number of hydrogen-bond donors (Lipinski definition) is 1. The number of nitrogens with one attached hydrogen (secondary N) is 1. The lowest BCUT2D eigenvalue weighted by molar-refractivity contribution is 0.555. The van der Waals surface area contributed by atoms with Crippen molar-refractivity contribution in [1.29, 1.82) is 0 Å². The average molecular weight is 311 g/mol. The molecule has 4 heteroatoms. The fourth-order valence-electron chi connectivity index (χ4n) is 2.67. The van der Waals surface area contributed by atoms with Crippen molar-refractivity contribution in [1.82, 2.24) is 10.3 Å². The van der Waals surface area contributed by atoms with Gasteiger partial charge in [0.05, 0.1) is 10.9 Å². The van der Waals surface area contributed by atoms with Crippen molar-refractivity contribution >= 4 is 23.1 Å². The van der Waals surface area contributed by atoms with Crippen molar-refractivity contribution in [2.24, 2.45) is 0 Å². The minimum absolute atomic E-state index is 0.161. The lowest BCUT2D eigenvalue weighted by Crippen LogP contribution is -2.20. The molecule has 2 heterocycles. The monoisotopic (exact) mass is 310 g/mol. The third-order valence-electron chi connectivity index (χ3n) is 4.01. The van der Waals surface area contributed by atoms with E-state index in [4.69, 9.17) is 4.98 Å². The molecule has 1 aromatic heterocycles. The van der Waals surface area contributed by atoms with Crippen LogP contribution in [0.4, 0.5) is 0 Å². The van der Waals surface area contributed by atoms with E-state index < -0.39 is 0 Å². The summed E-state index contributed by atoms with van der Waals surface area (Å²) in [5.74, 6) is 1.31. The molecule has 2 aliphatic rings. The van der Waals surface area contributed by atoms with Crippen molar-refractivity contribution in [2.75, 3.05) is 5.75 Å². The lowest BCUT2D eigenvalue weighted by atomic mass is 9.91. The van der Waals surface area contributed by atoms with Gasteiger partial charge in [-0.15, -0.1) is 11.3 Å². The molecule has 1 aliphatic carbocycles. The van der Waals surface area contributed by atoms with Gasteiger partial charge in [0.1, 0.15) is 5.01 Å². The zero-order valence-electron chi connectivity index (χ0n) is 12.9. The van der Waals surface area contributed by atoms with Crippen molar-refractivity contribution < 1.29 is 0 Å². The van der Waals surface area contributed by atoms with Crippen LogP contribution in [0.1, 0.15) is 73.7 Å². The van der Waals surface area contributed by atoms with Crippen molar-refractivity contribution in [3.63, 3.8) is 0 Å². The molecule has 1 saturated heterocycles. The largest absolute Gasteiger partial charge is 0.309 e. The summed E-state index contributed by atoms with van der Waals surface area (Å²) in [5, 5.41) is 5.70. The molecule has 1 saturated carbocycles. The van der Waals surface area contributed by atoms with E-state index in [1.54, 1.807) is 0 Å². The first-order valence-corrected chi connectivity index (χ1v) is 9.75. The molecule has 112 valence electrons. The summed E-state index contributed by atoms with van der Waals surface area (Å²) in [6.45, 7) is 7.90. The van der Waals surface area contributed by atoms with Crippen molar-refractivity contribution in [3.05, 3.63) is 15.6 Å². The smallest absolute Gasteiger partial charge is 0.106 e. The molecule has 2 fully saturated rings. The molecule has 1 unspecified atom stereocenters. The Kier molecular flexibility index (Phi) is 4.44. The van der Waals surface area contributed by atoms with Gasteiger partial charge in [-0.05, 0) is 31.4 Å². The zero-order valence-corrected chi connectivity index (χ0v) is 14.5. The second-order valence-electron chi connectivity index (χ2n) is 7.08. The maximum absolute atomic E-state index is 5.06. The van der Waals surface area contributed by atoms with Crippen LogP contribution in [0.3, 0.4) is 0 Å². The summed E-state index contributed by atoms with van der Waals surface area (Å²) in [7, 11) is 0. The fraction of sp³-hybridized carbons (Fsp3) is 0.812. The maximum atomic E-state index is 5.06. The standard InChI is InChI=1S/C16H26N2S2/c1-16(2,3)14-13(10-17-11-7-8-11)20-15(18-14)12-6-4-5-9-19-12/h11-12,17H,4-10H2,1-3H3. The molecule has 1 aliphatic heterocycles. The zero-order chi connectivity index (χ0) is 14.2. The van der Waals surface area contributed by atoms with E-state index in [1.807, 2.05) is 11.3 Å². The van der Waals surface area contributed by atoms with Gasteiger partial charge in [-0.1, -0.05) is 27.2 Å². The van der Waals surface area contributed by atoms with Crippen LogP contribution in [0, 0.1) is 0 Å². The maximum Gasteiger partial charge on any atom is 0.106 e. The SMILES string of the molecule is CC(C)(C)c1nc(C2CCCCS2)sc1CNC1CC1. The van der Waals surface area contributed by atoms with Crippen molar-refractivity contribution in [3.8, 4) is 0 Å². The highest BCUT2D eigenvalue weighted by molar-refractivity contribution is 7.99. The van der Waals surface area contributed by atoms with Gasteiger partial charge >= 0.3 is 0 Å². The molecular weight excluding hydrogens is 284 g/mol. The Morgan fingerprint density at radius 2 is 2.00 bits per heavy atom. The number of aromatic nitrogens is 1. The van der Waals surface area contributed by atoms with Crippen LogP contribution in [0.5, 0.6) is 0 Å². The molecule has 3 rings (SSSR count). The van der Waals surface area contributed by atoms with Crippen LogP contribution in [0.15, 0.2) is 0 Å². The van der Waals surface area contributed by atoms with Crippen LogP contribution in [0.2, 0.25) is 0 Å². The fourth-order valence-corrected chi connectivity index (χ4v) is 5.45. The Morgan fingerprint density at radius 1 is 1.20 bits per heavy atom. The third-order valence-corrected chi connectivity index (χ3v) is 6.71. The van der Waals surface area contributed by atoms with E-state index in [9.17, 15) is 0 Å². The van der Waals surface area contributed by atoms with E-state index in [1.165, 1.54) is 53.4 Å². The number of thioether (sulfide) groups is 1. The Morgan fingerprint density at radius 3 is 2.60 bits per heavy atom. The van der Waals surface area contributed by atoms with E-state index in [0.717, 1.165) is 12.6 Å². The number of rotatable bonds is 4.